The normalized spacial score (nSPS) is 15.4. The molecule has 1 aromatic heterocycles. The van der Waals surface area contributed by atoms with Gasteiger partial charge < -0.3 is 5.32 Å². The summed E-state index contributed by atoms with van der Waals surface area (Å²) < 4.78 is 0. The van der Waals surface area contributed by atoms with Crippen molar-refractivity contribution in [3.8, 4) is 0 Å². The zero-order chi connectivity index (χ0) is 19.2. The van der Waals surface area contributed by atoms with Crippen LogP contribution in [0.3, 0.4) is 0 Å². The number of carbonyl (C=O) groups is 1. The third-order valence-electron chi connectivity index (χ3n) is 5.55. The third-order valence-corrected chi connectivity index (χ3v) is 6.48. The largest absolute Gasteiger partial charge is 0.351 e. The second-order valence-electron chi connectivity index (χ2n) is 7.27. The van der Waals surface area contributed by atoms with Crippen molar-refractivity contribution in [2.45, 2.75) is 42.0 Å². The number of benzene rings is 2. The molecule has 0 bridgehead atoms. The minimum atomic E-state index is -0.00373. The molecule has 4 rings (SSSR count). The predicted octanol–water partition coefficient (Wildman–Crippen LogP) is 4.34. The highest BCUT2D eigenvalue weighted by Crippen LogP contribution is 2.40. The van der Waals surface area contributed by atoms with Crippen molar-refractivity contribution in [1.82, 2.24) is 20.5 Å². The van der Waals surface area contributed by atoms with Gasteiger partial charge in [-0.25, -0.2) is 4.98 Å². The molecule has 6 heteroatoms. The molecule has 0 unspecified atom stereocenters. The quantitative estimate of drug-likeness (QED) is 0.587. The van der Waals surface area contributed by atoms with E-state index in [-0.39, 0.29) is 11.3 Å². The van der Waals surface area contributed by atoms with Crippen LogP contribution in [0, 0.1) is 0 Å². The predicted molar refractivity (Wildman–Crippen MR) is 111 cm³/mol. The van der Waals surface area contributed by atoms with E-state index in [1.54, 1.807) is 11.8 Å². The number of nitrogens with zero attached hydrogens (tertiary/aromatic N) is 2. The first-order valence-corrected chi connectivity index (χ1v) is 10.7. The van der Waals surface area contributed by atoms with Crippen molar-refractivity contribution in [3.05, 3.63) is 77.6 Å². The Morgan fingerprint density at radius 3 is 2.57 bits per heavy atom. The van der Waals surface area contributed by atoms with E-state index in [0.717, 1.165) is 29.1 Å². The molecule has 28 heavy (non-hydrogen) atoms. The number of H-pyrrole nitrogens is 1. The van der Waals surface area contributed by atoms with E-state index in [0.29, 0.717) is 12.3 Å². The molecule has 0 radical (unpaired) electrons. The second kappa shape index (κ2) is 8.61. The first kappa shape index (κ1) is 18.7. The van der Waals surface area contributed by atoms with Crippen LogP contribution in [-0.2, 0) is 11.2 Å². The topological polar surface area (TPSA) is 70.7 Å². The minimum absolute atomic E-state index is 0.00373. The molecule has 0 aliphatic heterocycles. The Labute approximate surface area is 169 Å². The molecule has 1 fully saturated rings. The van der Waals surface area contributed by atoms with E-state index in [1.165, 1.54) is 24.7 Å². The van der Waals surface area contributed by atoms with Crippen LogP contribution in [0.2, 0.25) is 0 Å². The van der Waals surface area contributed by atoms with Crippen molar-refractivity contribution in [3.63, 3.8) is 0 Å². The lowest BCUT2D eigenvalue weighted by atomic mass is 9.79. The van der Waals surface area contributed by atoms with Crippen LogP contribution in [0.5, 0.6) is 0 Å². The molecule has 1 heterocycles. The van der Waals surface area contributed by atoms with E-state index in [1.807, 2.05) is 30.3 Å². The number of hydrogen-bond donors (Lipinski definition) is 2. The van der Waals surface area contributed by atoms with Crippen LogP contribution < -0.4 is 5.32 Å². The van der Waals surface area contributed by atoms with Gasteiger partial charge in [-0.2, -0.15) is 5.10 Å². The SMILES string of the molecule is O=C(NCC1(c2ccccc2)CCCC1)c1ccccc1CSc1ncn[nH]1. The smallest absolute Gasteiger partial charge is 0.251 e. The fourth-order valence-corrected chi connectivity index (χ4v) is 4.82. The molecular formula is C22H24N4OS. The minimum Gasteiger partial charge on any atom is -0.351 e. The highest BCUT2D eigenvalue weighted by Gasteiger charge is 2.35. The summed E-state index contributed by atoms with van der Waals surface area (Å²) in [7, 11) is 0. The van der Waals surface area contributed by atoms with Crippen molar-refractivity contribution >= 4 is 17.7 Å². The highest BCUT2D eigenvalue weighted by atomic mass is 32.2. The number of hydrogen-bond acceptors (Lipinski definition) is 4. The molecule has 2 aromatic carbocycles. The monoisotopic (exact) mass is 392 g/mol. The Kier molecular flexibility index (Phi) is 5.76. The number of amides is 1. The summed E-state index contributed by atoms with van der Waals surface area (Å²) in [5.74, 6) is 0.666. The standard InChI is InChI=1S/C22H24N4OS/c27-20(19-11-5-4-8-17(19)14-28-21-24-16-25-26-21)23-15-22(12-6-7-13-22)18-9-2-1-3-10-18/h1-5,8-11,16H,6-7,12-15H2,(H,23,27)(H,24,25,26). The summed E-state index contributed by atoms with van der Waals surface area (Å²) in [4.78, 5) is 17.1. The third kappa shape index (κ3) is 4.12. The Morgan fingerprint density at radius 1 is 1.07 bits per heavy atom. The molecule has 2 N–H and O–H groups in total. The Bertz CT molecular complexity index is 905. The van der Waals surface area contributed by atoms with E-state index in [9.17, 15) is 4.79 Å². The van der Waals surface area contributed by atoms with Crippen molar-refractivity contribution in [2.75, 3.05) is 6.54 Å². The number of aromatic amines is 1. The van der Waals surface area contributed by atoms with Crippen molar-refractivity contribution in [2.24, 2.45) is 0 Å². The van der Waals surface area contributed by atoms with E-state index >= 15 is 0 Å². The molecule has 3 aromatic rings. The lowest BCUT2D eigenvalue weighted by Crippen LogP contribution is -2.39. The zero-order valence-corrected chi connectivity index (χ0v) is 16.5. The number of thioether (sulfide) groups is 1. The maximum absolute atomic E-state index is 13.0. The molecule has 5 nitrogen and oxygen atoms in total. The summed E-state index contributed by atoms with van der Waals surface area (Å²) in [6, 6.07) is 18.4. The average molecular weight is 393 g/mol. The molecule has 1 amide bonds. The van der Waals surface area contributed by atoms with Gasteiger partial charge in [0.2, 0.25) is 0 Å². The van der Waals surface area contributed by atoms with Crippen LogP contribution in [0.25, 0.3) is 0 Å². The summed E-state index contributed by atoms with van der Waals surface area (Å²) in [5, 5.41) is 10.7. The van der Waals surface area contributed by atoms with Gasteiger partial charge in [-0.15, -0.1) is 0 Å². The maximum atomic E-state index is 13.0. The Hall–Kier alpha value is -2.60. The maximum Gasteiger partial charge on any atom is 0.251 e. The molecule has 1 aliphatic rings. The van der Waals surface area contributed by atoms with Gasteiger partial charge >= 0.3 is 0 Å². The first-order chi connectivity index (χ1) is 13.8. The zero-order valence-electron chi connectivity index (χ0n) is 15.7. The first-order valence-electron chi connectivity index (χ1n) is 9.67. The number of carbonyl (C=O) groups excluding carboxylic acids is 1. The summed E-state index contributed by atoms with van der Waals surface area (Å²) in [5.41, 5.74) is 3.12. The van der Waals surface area contributed by atoms with Crippen LogP contribution in [0.1, 0.15) is 47.2 Å². The van der Waals surface area contributed by atoms with Gasteiger partial charge in [0.25, 0.3) is 5.91 Å². The van der Waals surface area contributed by atoms with E-state index < -0.39 is 0 Å². The lowest BCUT2D eigenvalue weighted by molar-refractivity contribution is 0.0942. The molecule has 0 saturated heterocycles. The van der Waals surface area contributed by atoms with Gasteiger partial charge in [0.05, 0.1) is 0 Å². The number of aromatic nitrogens is 3. The Balaban J connectivity index is 1.46. The summed E-state index contributed by atoms with van der Waals surface area (Å²) in [6.45, 7) is 0.680. The molecule has 1 saturated carbocycles. The molecule has 144 valence electrons. The fourth-order valence-electron chi connectivity index (χ4n) is 4.03. The fraction of sp³-hybridized carbons (Fsp3) is 0.318. The summed E-state index contributed by atoms with van der Waals surface area (Å²) >= 11 is 1.54. The van der Waals surface area contributed by atoms with Crippen molar-refractivity contribution in [1.29, 1.82) is 0 Å². The van der Waals surface area contributed by atoms with E-state index in [2.05, 4.69) is 44.8 Å². The van der Waals surface area contributed by atoms with Crippen LogP contribution in [0.4, 0.5) is 0 Å². The number of nitrogens with one attached hydrogen (secondary N) is 2. The van der Waals surface area contributed by atoms with Gasteiger partial charge in [0, 0.05) is 23.3 Å². The second-order valence-corrected chi connectivity index (χ2v) is 8.24. The van der Waals surface area contributed by atoms with E-state index in [4.69, 9.17) is 0 Å². The lowest BCUT2D eigenvalue weighted by Gasteiger charge is -2.30. The number of rotatable bonds is 7. The molecule has 0 atom stereocenters. The van der Waals surface area contributed by atoms with Crippen LogP contribution >= 0.6 is 11.8 Å². The van der Waals surface area contributed by atoms with Crippen molar-refractivity contribution < 1.29 is 4.79 Å². The van der Waals surface area contributed by atoms with Gasteiger partial charge in [-0.3, -0.25) is 9.89 Å². The van der Waals surface area contributed by atoms with Gasteiger partial charge in [-0.05, 0) is 30.0 Å². The van der Waals surface area contributed by atoms with Gasteiger partial charge in [-0.1, -0.05) is 73.1 Å². The highest BCUT2D eigenvalue weighted by molar-refractivity contribution is 7.98. The average Bonchev–Trinajstić information content (AvgIpc) is 3.44. The van der Waals surface area contributed by atoms with Gasteiger partial charge in [0.1, 0.15) is 6.33 Å². The molecule has 0 spiro atoms. The van der Waals surface area contributed by atoms with Crippen LogP contribution in [0.15, 0.2) is 66.1 Å². The van der Waals surface area contributed by atoms with Crippen LogP contribution in [-0.4, -0.2) is 27.6 Å². The van der Waals surface area contributed by atoms with Gasteiger partial charge in [0.15, 0.2) is 5.16 Å². The molecular weight excluding hydrogens is 368 g/mol. The summed E-state index contributed by atoms with van der Waals surface area (Å²) in [6.07, 6.45) is 6.18. The molecule has 1 aliphatic carbocycles. The Morgan fingerprint density at radius 2 is 1.82 bits per heavy atom.